The molecule has 2 aromatic rings. The fourth-order valence-electron chi connectivity index (χ4n) is 3.82. The summed E-state index contributed by atoms with van der Waals surface area (Å²) in [5, 5.41) is 3.36. The van der Waals surface area contributed by atoms with E-state index < -0.39 is 0 Å². The maximum absolute atomic E-state index is 13.3. The van der Waals surface area contributed by atoms with Crippen molar-refractivity contribution in [1.82, 2.24) is 15.2 Å². The topological polar surface area (TPSA) is 63.7 Å². The number of benzene rings is 1. The Bertz CT molecular complexity index is 861. The molecule has 6 heteroatoms. The highest BCUT2D eigenvalue weighted by atomic mass is 16.5. The van der Waals surface area contributed by atoms with Gasteiger partial charge >= 0.3 is 0 Å². The molecule has 1 aliphatic heterocycles. The summed E-state index contributed by atoms with van der Waals surface area (Å²) < 4.78 is 11.7. The summed E-state index contributed by atoms with van der Waals surface area (Å²) in [7, 11) is 0. The first-order chi connectivity index (χ1) is 14.9. The molecule has 1 N–H and O–H groups in total. The number of pyridine rings is 1. The third kappa shape index (κ3) is 6.69. The maximum Gasteiger partial charge on any atom is 0.226 e. The standard InChI is InChI=1S/C25H35N3O3.H2/c1-18(2)16-28(25(29)20(4)14-26-15-22-8-5-6-9-27-22)17-21-12-19(3)24-23(13-21)30-10-7-11-31-24;/h5-6,8-9,12-13,18,20,26H,7,10-11,14-17H2,1-4H3;1H. The fourth-order valence-corrected chi connectivity index (χ4v) is 3.82. The minimum Gasteiger partial charge on any atom is -0.490 e. The van der Waals surface area contributed by atoms with Crippen LogP contribution in [0.2, 0.25) is 0 Å². The van der Waals surface area contributed by atoms with Gasteiger partial charge in [0.2, 0.25) is 5.91 Å². The average Bonchev–Trinajstić information content (AvgIpc) is 2.99. The van der Waals surface area contributed by atoms with E-state index >= 15 is 0 Å². The van der Waals surface area contributed by atoms with E-state index in [0.717, 1.165) is 41.3 Å². The third-order valence-electron chi connectivity index (χ3n) is 5.27. The number of rotatable bonds is 9. The van der Waals surface area contributed by atoms with Crippen molar-refractivity contribution in [3.8, 4) is 11.5 Å². The van der Waals surface area contributed by atoms with Crippen LogP contribution in [-0.2, 0) is 17.9 Å². The lowest BCUT2D eigenvalue weighted by molar-refractivity contribution is -0.136. The Balaban J connectivity index is 0.00000363. The lowest BCUT2D eigenvalue weighted by Gasteiger charge is -2.28. The second-order valence-corrected chi connectivity index (χ2v) is 8.76. The second kappa shape index (κ2) is 11.1. The molecular weight excluding hydrogens is 390 g/mol. The molecule has 1 amide bonds. The van der Waals surface area contributed by atoms with E-state index in [1.54, 1.807) is 6.20 Å². The first-order valence-corrected chi connectivity index (χ1v) is 11.2. The SMILES string of the molecule is Cc1cc(CN(CC(C)C)C(=O)C(C)CNCc2ccccn2)cc2c1OCCCO2.[HH]. The number of fused-ring (bicyclic) bond motifs is 1. The van der Waals surface area contributed by atoms with Crippen molar-refractivity contribution in [3.63, 3.8) is 0 Å². The molecule has 2 heterocycles. The van der Waals surface area contributed by atoms with E-state index in [1.807, 2.05) is 43.0 Å². The van der Waals surface area contributed by atoms with Gasteiger partial charge in [0.15, 0.2) is 11.5 Å². The largest absolute Gasteiger partial charge is 0.490 e. The molecule has 1 atom stereocenters. The number of aromatic nitrogens is 1. The Kier molecular flexibility index (Phi) is 8.29. The molecule has 0 bridgehead atoms. The molecule has 1 aliphatic rings. The number of nitrogens with one attached hydrogen (secondary N) is 1. The molecule has 6 nitrogen and oxygen atoms in total. The Morgan fingerprint density at radius 3 is 2.77 bits per heavy atom. The number of aryl methyl sites for hydroxylation is 1. The fraction of sp³-hybridized carbons (Fsp3) is 0.520. The number of amides is 1. The molecule has 0 spiro atoms. The normalized spacial score (nSPS) is 14.2. The van der Waals surface area contributed by atoms with Gasteiger partial charge in [-0.2, -0.15) is 0 Å². The van der Waals surface area contributed by atoms with Gasteiger partial charge in [-0.25, -0.2) is 0 Å². The van der Waals surface area contributed by atoms with Gasteiger partial charge in [-0.05, 0) is 42.2 Å². The van der Waals surface area contributed by atoms with Gasteiger partial charge in [0.25, 0.3) is 0 Å². The molecule has 31 heavy (non-hydrogen) atoms. The zero-order valence-corrected chi connectivity index (χ0v) is 19.2. The predicted octanol–water partition coefficient (Wildman–Crippen LogP) is 4.21. The molecule has 1 aromatic carbocycles. The summed E-state index contributed by atoms with van der Waals surface area (Å²) in [4.78, 5) is 19.6. The predicted molar refractivity (Wildman–Crippen MR) is 124 cm³/mol. The van der Waals surface area contributed by atoms with E-state index in [2.05, 4.69) is 30.2 Å². The van der Waals surface area contributed by atoms with E-state index in [-0.39, 0.29) is 13.3 Å². The highest BCUT2D eigenvalue weighted by molar-refractivity contribution is 5.78. The lowest BCUT2D eigenvalue weighted by atomic mass is 10.1. The van der Waals surface area contributed by atoms with Crippen LogP contribution in [0.4, 0.5) is 0 Å². The van der Waals surface area contributed by atoms with E-state index in [1.165, 1.54) is 0 Å². The number of carbonyl (C=O) groups is 1. The highest BCUT2D eigenvalue weighted by Crippen LogP contribution is 2.34. The smallest absolute Gasteiger partial charge is 0.226 e. The van der Waals surface area contributed by atoms with Crippen molar-refractivity contribution in [3.05, 3.63) is 53.3 Å². The molecule has 0 aliphatic carbocycles. The molecule has 1 unspecified atom stereocenters. The monoisotopic (exact) mass is 427 g/mol. The van der Waals surface area contributed by atoms with Crippen LogP contribution in [0.15, 0.2) is 36.5 Å². The zero-order valence-electron chi connectivity index (χ0n) is 19.2. The van der Waals surface area contributed by atoms with Crippen LogP contribution in [-0.4, -0.2) is 42.1 Å². The van der Waals surface area contributed by atoms with E-state index in [4.69, 9.17) is 9.47 Å². The quantitative estimate of drug-likeness (QED) is 0.650. The van der Waals surface area contributed by atoms with E-state index in [0.29, 0.717) is 38.8 Å². The van der Waals surface area contributed by atoms with Crippen LogP contribution in [0.1, 0.15) is 45.4 Å². The molecule has 3 rings (SSSR count). The van der Waals surface area contributed by atoms with Crippen molar-refractivity contribution in [2.75, 3.05) is 26.3 Å². The molecule has 0 saturated heterocycles. The van der Waals surface area contributed by atoms with Crippen LogP contribution in [0.25, 0.3) is 0 Å². The van der Waals surface area contributed by atoms with Crippen molar-refractivity contribution >= 4 is 5.91 Å². The molecule has 0 saturated carbocycles. The van der Waals surface area contributed by atoms with Gasteiger partial charge in [-0.3, -0.25) is 9.78 Å². The number of ether oxygens (including phenoxy) is 2. The Morgan fingerprint density at radius 1 is 1.23 bits per heavy atom. The first kappa shape index (κ1) is 23.1. The molecule has 1 aromatic heterocycles. The van der Waals surface area contributed by atoms with Crippen LogP contribution in [0.5, 0.6) is 11.5 Å². The Labute approximate surface area is 187 Å². The maximum atomic E-state index is 13.3. The molecule has 0 radical (unpaired) electrons. The van der Waals surface area contributed by atoms with Gasteiger partial charge in [0.05, 0.1) is 18.9 Å². The summed E-state index contributed by atoms with van der Waals surface area (Å²) in [5.74, 6) is 2.04. The van der Waals surface area contributed by atoms with Crippen LogP contribution >= 0.6 is 0 Å². The lowest BCUT2D eigenvalue weighted by Crippen LogP contribution is -2.40. The first-order valence-electron chi connectivity index (χ1n) is 11.2. The van der Waals surface area contributed by atoms with E-state index in [9.17, 15) is 4.79 Å². The Morgan fingerprint density at radius 2 is 2.03 bits per heavy atom. The number of hydrogen-bond donors (Lipinski definition) is 1. The van der Waals surface area contributed by atoms with Crippen molar-refractivity contribution < 1.29 is 15.7 Å². The van der Waals surface area contributed by atoms with Crippen LogP contribution in [0, 0.1) is 18.8 Å². The summed E-state index contributed by atoms with van der Waals surface area (Å²) in [6.45, 7) is 12.2. The number of hydrogen-bond acceptors (Lipinski definition) is 5. The van der Waals surface area contributed by atoms with Gasteiger partial charge < -0.3 is 19.7 Å². The minimum atomic E-state index is -0.121. The zero-order chi connectivity index (χ0) is 22.2. The van der Waals surface area contributed by atoms with Gasteiger partial charge in [0, 0.05) is 46.1 Å². The minimum absolute atomic E-state index is 0. The van der Waals surface area contributed by atoms with Crippen LogP contribution in [0.3, 0.4) is 0 Å². The summed E-state index contributed by atoms with van der Waals surface area (Å²) in [6, 6.07) is 9.99. The number of nitrogens with zero attached hydrogens (tertiary/aromatic N) is 2. The van der Waals surface area contributed by atoms with Gasteiger partial charge in [-0.1, -0.05) is 32.9 Å². The van der Waals surface area contributed by atoms with Crippen LogP contribution < -0.4 is 14.8 Å². The molecule has 0 fully saturated rings. The summed E-state index contributed by atoms with van der Waals surface area (Å²) >= 11 is 0. The molecule has 170 valence electrons. The van der Waals surface area contributed by atoms with Crippen molar-refractivity contribution in [2.24, 2.45) is 11.8 Å². The van der Waals surface area contributed by atoms with Gasteiger partial charge in [0.1, 0.15) is 0 Å². The molecular formula is C25H37N3O3. The van der Waals surface area contributed by atoms with Crippen molar-refractivity contribution in [1.29, 1.82) is 0 Å². The highest BCUT2D eigenvalue weighted by Gasteiger charge is 2.23. The second-order valence-electron chi connectivity index (χ2n) is 8.76. The Hall–Kier alpha value is -2.60. The summed E-state index contributed by atoms with van der Waals surface area (Å²) in [5.41, 5.74) is 3.10. The van der Waals surface area contributed by atoms with Gasteiger partial charge in [-0.15, -0.1) is 0 Å². The summed E-state index contributed by atoms with van der Waals surface area (Å²) in [6.07, 6.45) is 2.66. The third-order valence-corrected chi connectivity index (χ3v) is 5.27. The average molecular weight is 428 g/mol. The number of carbonyl (C=O) groups excluding carboxylic acids is 1. The van der Waals surface area contributed by atoms with Crippen molar-refractivity contribution in [2.45, 2.75) is 47.2 Å².